The highest BCUT2D eigenvalue weighted by Crippen LogP contribution is 2.16. The second kappa shape index (κ2) is 5.80. The van der Waals surface area contributed by atoms with E-state index >= 15 is 0 Å². The molecule has 0 bridgehead atoms. The molecule has 1 aromatic heterocycles. The van der Waals surface area contributed by atoms with Crippen LogP contribution in [0.15, 0.2) is 24.9 Å². The van der Waals surface area contributed by atoms with Crippen LogP contribution in [-0.2, 0) is 11.8 Å². The minimum atomic E-state index is -1.17. The molecule has 0 radical (unpaired) electrons. The van der Waals surface area contributed by atoms with Crippen LogP contribution in [0.4, 0.5) is 5.69 Å². The van der Waals surface area contributed by atoms with Crippen LogP contribution in [0.3, 0.4) is 0 Å². The second-order valence-corrected chi connectivity index (χ2v) is 3.82. The number of nitrogens with zero attached hydrogens (tertiary/aromatic N) is 3. The van der Waals surface area contributed by atoms with Crippen LogP contribution in [0.2, 0.25) is 0 Å². The number of hydrogen-bond acceptors (Lipinski definition) is 4. The van der Waals surface area contributed by atoms with Crippen molar-refractivity contribution in [1.29, 1.82) is 0 Å². The van der Waals surface area contributed by atoms with Crippen LogP contribution in [0, 0.1) is 10.1 Å². The van der Waals surface area contributed by atoms with Gasteiger partial charge in [0.15, 0.2) is 0 Å². The summed E-state index contributed by atoms with van der Waals surface area (Å²) in [6, 6.07) is 1.11. The van der Waals surface area contributed by atoms with E-state index in [0.717, 1.165) is 11.0 Å². The molecule has 0 aliphatic carbocycles. The van der Waals surface area contributed by atoms with Crippen LogP contribution < -0.4 is 0 Å². The summed E-state index contributed by atoms with van der Waals surface area (Å²) in [4.78, 5) is 33.8. The average molecular weight is 267 g/mol. The Morgan fingerprint density at radius 1 is 1.63 bits per heavy atom. The normalized spacial score (nSPS) is 9.95. The molecule has 1 aromatic rings. The summed E-state index contributed by atoms with van der Waals surface area (Å²) in [6.07, 6.45) is 2.58. The van der Waals surface area contributed by atoms with E-state index in [1.54, 1.807) is 0 Å². The standard InChI is InChI=1S/C11H13N3O5/c1-3-4-13(7-10(15)16)11(17)9-5-8(14(18)19)6-12(9)2/h3,5-6H,1,4,7H2,2H3,(H,15,16). The molecule has 1 amide bonds. The van der Waals surface area contributed by atoms with Crippen LogP contribution in [0.25, 0.3) is 0 Å². The lowest BCUT2D eigenvalue weighted by Crippen LogP contribution is -2.36. The summed E-state index contributed by atoms with van der Waals surface area (Å²) in [5, 5.41) is 19.3. The molecule has 0 saturated heterocycles. The maximum Gasteiger partial charge on any atom is 0.323 e. The maximum absolute atomic E-state index is 12.1. The van der Waals surface area contributed by atoms with Gasteiger partial charge in [0.2, 0.25) is 0 Å². The largest absolute Gasteiger partial charge is 0.480 e. The van der Waals surface area contributed by atoms with Gasteiger partial charge < -0.3 is 14.6 Å². The number of amides is 1. The SMILES string of the molecule is C=CCN(CC(=O)O)C(=O)c1cc([N+](=O)[O-])cn1C. The van der Waals surface area contributed by atoms with Crippen LogP contribution in [0.1, 0.15) is 10.5 Å². The molecule has 0 unspecified atom stereocenters. The first-order valence-electron chi connectivity index (χ1n) is 5.29. The lowest BCUT2D eigenvalue weighted by atomic mass is 10.3. The second-order valence-electron chi connectivity index (χ2n) is 3.82. The van der Waals surface area contributed by atoms with Crippen molar-refractivity contribution in [2.75, 3.05) is 13.1 Å². The molecule has 1 rings (SSSR count). The van der Waals surface area contributed by atoms with Crippen molar-refractivity contribution < 1.29 is 19.6 Å². The smallest absolute Gasteiger partial charge is 0.323 e. The van der Waals surface area contributed by atoms with E-state index in [4.69, 9.17) is 5.11 Å². The molecule has 0 spiro atoms. The van der Waals surface area contributed by atoms with Gasteiger partial charge in [-0.15, -0.1) is 6.58 Å². The number of carboxylic acid groups (broad SMARTS) is 1. The molecule has 1 N–H and O–H groups in total. The molecule has 1 heterocycles. The zero-order valence-electron chi connectivity index (χ0n) is 10.3. The third-order valence-electron chi connectivity index (χ3n) is 2.38. The number of rotatable bonds is 6. The van der Waals surface area contributed by atoms with E-state index in [0.29, 0.717) is 0 Å². The highest BCUT2D eigenvalue weighted by Gasteiger charge is 2.23. The highest BCUT2D eigenvalue weighted by atomic mass is 16.6. The van der Waals surface area contributed by atoms with Crippen molar-refractivity contribution >= 4 is 17.6 Å². The number of aryl methyl sites for hydroxylation is 1. The zero-order chi connectivity index (χ0) is 14.6. The van der Waals surface area contributed by atoms with Crippen molar-refractivity contribution in [1.82, 2.24) is 9.47 Å². The van der Waals surface area contributed by atoms with Crippen LogP contribution in [-0.4, -0.2) is 44.5 Å². The number of carboxylic acids is 1. The first kappa shape index (κ1) is 14.4. The Bertz CT molecular complexity index is 534. The molecule has 0 saturated carbocycles. The maximum atomic E-state index is 12.1. The third-order valence-corrected chi connectivity index (χ3v) is 2.38. The number of carbonyl (C=O) groups is 2. The van der Waals surface area contributed by atoms with E-state index < -0.39 is 23.3 Å². The minimum absolute atomic E-state index is 0.0457. The Morgan fingerprint density at radius 3 is 2.68 bits per heavy atom. The molecule has 0 atom stereocenters. The third kappa shape index (κ3) is 3.41. The van der Waals surface area contributed by atoms with Crippen molar-refractivity contribution in [3.05, 3.63) is 40.7 Å². The van der Waals surface area contributed by atoms with Gasteiger partial charge in [0.25, 0.3) is 11.6 Å². The van der Waals surface area contributed by atoms with Gasteiger partial charge in [0.05, 0.1) is 11.1 Å². The summed E-state index contributed by atoms with van der Waals surface area (Å²) in [7, 11) is 1.48. The molecule has 0 fully saturated rings. The summed E-state index contributed by atoms with van der Waals surface area (Å²) < 4.78 is 1.29. The molecule has 19 heavy (non-hydrogen) atoms. The Morgan fingerprint density at radius 2 is 2.26 bits per heavy atom. The fourth-order valence-electron chi connectivity index (χ4n) is 1.56. The molecule has 0 aromatic carbocycles. The highest BCUT2D eigenvalue weighted by molar-refractivity contribution is 5.95. The predicted molar refractivity (Wildman–Crippen MR) is 65.8 cm³/mol. The molecule has 8 nitrogen and oxygen atoms in total. The van der Waals surface area contributed by atoms with Gasteiger partial charge in [-0.2, -0.15) is 0 Å². The number of carbonyl (C=O) groups excluding carboxylic acids is 1. The van der Waals surface area contributed by atoms with Gasteiger partial charge >= 0.3 is 5.97 Å². The summed E-state index contributed by atoms with van der Waals surface area (Å²) >= 11 is 0. The molecule has 8 heteroatoms. The average Bonchev–Trinajstić information content (AvgIpc) is 2.69. The fraction of sp³-hybridized carbons (Fsp3) is 0.273. The quantitative estimate of drug-likeness (QED) is 0.462. The zero-order valence-corrected chi connectivity index (χ0v) is 10.3. The van der Waals surface area contributed by atoms with Gasteiger partial charge in [-0.1, -0.05) is 6.08 Å². The summed E-state index contributed by atoms with van der Waals surface area (Å²) in [5.41, 5.74) is -0.172. The number of aromatic nitrogens is 1. The number of aliphatic carboxylic acids is 1. The molecule has 0 aliphatic heterocycles. The molecule has 0 aliphatic rings. The number of hydrogen-bond donors (Lipinski definition) is 1. The van der Waals surface area contributed by atoms with Crippen molar-refractivity contribution in [3.63, 3.8) is 0 Å². The van der Waals surface area contributed by atoms with Crippen LogP contribution >= 0.6 is 0 Å². The Labute approximate surface area is 108 Å². The number of nitro groups is 1. The van der Waals surface area contributed by atoms with Gasteiger partial charge in [0, 0.05) is 19.7 Å². The van der Waals surface area contributed by atoms with E-state index in [9.17, 15) is 19.7 Å². The van der Waals surface area contributed by atoms with Gasteiger partial charge in [-0.25, -0.2) is 0 Å². The topological polar surface area (TPSA) is 106 Å². The van der Waals surface area contributed by atoms with Gasteiger partial charge in [-0.3, -0.25) is 19.7 Å². The van der Waals surface area contributed by atoms with Crippen molar-refractivity contribution in [2.24, 2.45) is 7.05 Å². The van der Waals surface area contributed by atoms with E-state index in [1.807, 2.05) is 0 Å². The Hall–Kier alpha value is -2.64. The van der Waals surface area contributed by atoms with Crippen LogP contribution in [0.5, 0.6) is 0 Å². The first-order valence-corrected chi connectivity index (χ1v) is 5.29. The summed E-state index contributed by atoms with van der Waals surface area (Å²) in [5.74, 6) is -1.77. The summed E-state index contributed by atoms with van der Waals surface area (Å²) in [6.45, 7) is 2.99. The van der Waals surface area contributed by atoms with Gasteiger partial charge in [-0.05, 0) is 0 Å². The Balaban J connectivity index is 3.05. The monoisotopic (exact) mass is 267 g/mol. The lowest BCUT2D eigenvalue weighted by Gasteiger charge is -2.18. The van der Waals surface area contributed by atoms with Crippen molar-refractivity contribution in [2.45, 2.75) is 0 Å². The molecular formula is C11H13N3O5. The first-order chi connectivity index (χ1) is 8.86. The molecule has 102 valence electrons. The minimum Gasteiger partial charge on any atom is -0.480 e. The molecular weight excluding hydrogens is 254 g/mol. The van der Waals surface area contributed by atoms with E-state index in [2.05, 4.69) is 6.58 Å². The van der Waals surface area contributed by atoms with E-state index in [-0.39, 0.29) is 17.9 Å². The predicted octanol–water partition coefficient (Wildman–Crippen LogP) is 0.646. The van der Waals surface area contributed by atoms with E-state index in [1.165, 1.54) is 23.9 Å². The van der Waals surface area contributed by atoms with Crippen molar-refractivity contribution in [3.8, 4) is 0 Å². The Kier molecular flexibility index (Phi) is 4.41. The lowest BCUT2D eigenvalue weighted by molar-refractivity contribution is -0.384. The van der Waals surface area contributed by atoms with Gasteiger partial charge in [0.1, 0.15) is 12.2 Å². The fourth-order valence-corrected chi connectivity index (χ4v) is 1.56.